The summed E-state index contributed by atoms with van der Waals surface area (Å²) in [5.74, 6) is 0.674. The lowest BCUT2D eigenvalue weighted by molar-refractivity contribution is 0.278. The maximum absolute atomic E-state index is 5.52. The first-order valence-corrected chi connectivity index (χ1v) is 6.98. The minimum atomic E-state index is 0.434. The predicted molar refractivity (Wildman–Crippen MR) is 74.7 cm³/mol. The molecule has 2 nitrogen and oxygen atoms in total. The fourth-order valence-electron chi connectivity index (χ4n) is 2.34. The lowest BCUT2D eigenvalue weighted by Crippen LogP contribution is -2.48. The van der Waals surface area contributed by atoms with E-state index in [9.17, 15) is 0 Å². The van der Waals surface area contributed by atoms with Crippen molar-refractivity contribution >= 4 is 17.3 Å². The van der Waals surface area contributed by atoms with Gasteiger partial charge in [-0.3, -0.25) is 0 Å². The second-order valence-electron chi connectivity index (χ2n) is 5.59. The molecule has 1 fully saturated rings. The Hall–Kier alpha value is -0.310. The zero-order valence-electron chi connectivity index (χ0n) is 11.1. The maximum Gasteiger partial charge on any atom is 0.169 e. The van der Waals surface area contributed by atoms with E-state index in [1.54, 1.807) is 0 Å². The summed E-state index contributed by atoms with van der Waals surface area (Å²) in [6.45, 7) is 9.91. The van der Waals surface area contributed by atoms with E-state index in [4.69, 9.17) is 12.2 Å². The van der Waals surface area contributed by atoms with Crippen molar-refractivity contribution in [2.24, 2.45) is 5.92 Å². The first-order chi connectivity index (χ1) is 7.50. The van der Waals surface area contributed by atoms with Gasteiger partial charge in [0.1, 0.15) is 0 Å². The molecule has 1 saturated carbocycles. The molecule has 1 N–H and O–H groups in total. The topological polar surface area (TPSA) is 15.3 Å². The molecule has 1 rings (SSSR count). The van der Waals surface area contributed by atoms with Gasteiger partial charge in [0, 0.05) is 18.6 Å². The zero-order chi connectivity index (χ0) is 12.1. The van der Waals surface area contributed by atoms with Gasteiger partial charge >= 0.3 is 0 Å². The number of thiocarbonyl (C=S) groups is 1. The van der Waals surface area contributed by atoms with E-state index < -0.39 is 0 Å². The highest BCUT2D eigenvalue weighted by Crippen LogP contribution is 2.24. The summed E-state index contributed by atoms with van der Waals surface area (Å²) in [6, 6.07) is 1.12. The second-order valence-corrected chi connectivity index (χ2v) is 5.98. The predicted octanol–water partition coefficient (Wildman–Crippen LogP) is 3.17. The molecule has 0 heterocycles. The largest absolute Gasteiger partial charge is 0.360 e. The van der Waals surface area contributed by atoms with Gasteiger partial charge in [0.15, 0.2) is 5.11 Å². The Morgan fingerprint density at radius 2 is 1.81 bits per heavy atom. The normalized spacial score (nSPS) is 17.1. The molecule has 0 aromatic rings. The summed E-state index contributed by atoms with van der Waals surface area (Å²) in [7, 11) is 0. The molecule has 0 spiro atoms. The lowest BCUT2D eigenvalue weighted by atomic mass is 10.1. The first kappa shape index (κ1) is 13.8. The Morgan fingerprint density at radius 3 is 2.25 bits per heavy atom. The Kier molecular flexibility index (Phi) is 5.53. The molecule has 0 atom stereocenters. The molecule has 94 valence electrons. The van der Waals surface area contributed by atoms with Crippen molar-refractivity contribution in [1.82, 2.24) is 10.2 Å². The summed E-state index contributed by atoms with van der Waals surface area (Å²) in [6.07, 6.45) is 5.35. The zero-order valence-corrected chi connectivity index (χ0v) is 11.9. The standard InChI is InChI=1S/C13H26N2S/c1-10(2)9-15(12-7-5-6-8-12)13(16)14-11(3)4/h10-12H,5-9H2,1-4H3,(H,14,16). The van der Waals surface area contributed by atoms with Gasteiger partial charge in [0.05, 0.1) is 0 Å². The van der Waals surface area contributed by atoms with Gasteiger partial charge in [0.25, 0.3) is 0 Å². The Morgan fingerprint density at radius 1 is 1.25 bits per heavy atom. The van der Waals surface area contributed by atoms with E-state index in [1.807, 2.05) is 0 Å². The molecule has 3 heteroatoms. The van der Waals surface area contributed by atoms with Crippen LogP contribution in [-0.4, -0.2) is 28.6 Å². The van der Waals surface area contributed by atoms with E-state index in [2.05, 4.69) is 37.9 Å². The van der Waals surface area contributed by atoms with Crippen LogP contribution in [0.4, 0.5) is 0 Å². The summed E-state index contributed by atoms with van der Waals surface area (Å²) in [5, 5.41) is 4.34. The minimum Gasteiger partial charge on any atom is -0.360 e. The summed E-state index contributed by atoms with van der Waals surface area (Å²) in [4.78, 5) is 2.42. The van der Waals surface area contributed by atoms with Crippen molar-refractivity contribution in [2.45, 2.75) is 65.5 Å². The van der Waals surface area contributed by atoms with Crippen LogP contribution in [0.2, 0.25) is 0 Å². The van der Waals surface area contributed by atoms with Gasteiger partial charge in [-0.25, -0.2) is 0 Å². The van der Waals surface area contributed by atoms with Crippen molar-refractivity contribution in [3.63, 3.8) is 0 Å². The average Bonchev–Trinajstić information content (AvgIpc) is 2.64. The van der Waals surface area contributed by atoms with Crippen molar-refractivity contribution in [1.29, 1.82) is 0 Å². The minimum absolute atomic E-state index is 0.434. The maximum atomic E-state index is 5.52. The molecule has 1 aliphatic rings. The van der Waals surface area contributed by atoms with Gasteiger partial charge in [-0.2, -0.15) is 0 Å². The van der Waals surface area contributed by atoms with Crippen LogP contribution in [0.15, 0.2) is 0 Å². The summed E-state index contributed by atoms with van der Waals surface area (Å²) >= 11 is 5.52. The quantitative estimate of drug-likeness (QED) is 0.762. The summed E-state index contributed by atoms with van der Waals surface area (Å²) in [5.41, 5.74) is 0. The molecule has 0 aromatic heterocycles. The van der Waals surface area contributed by atoms with E-state index in [0.29, 0.717) is 18.0 Å². The van der Waals surface area contributed by atoms with Crippen molar-refractivity contribution in [3.8, 4) is 0 Å². The van der Waals surface area contributed by atoms with Crippen LogP contribution in [0.3, 0.4) is 0 Å². The van der Waals surface area contributed by atoms with Crippen molar-refractivity contribution < 1.29 is 0 Å². The van der Waals surface area contributed by atoms with E-state index in [-0.39, 0.29) is 0 Å². The van der Waals surface area contributed by atoms with Gasteiger partial charge in [0.2, 0.25) is 0 Å². The van der Waals surface area contributed by atoms with Crippen LogP contribution in [0.25, 0.3) is 0 Å². The molecule has 16 heavy (non-hydrogen) atoms. The third-order valence-electron chi connectivity index (χ3n) is 3.00. The fraction of sp³-hybridized carbons (Fsp3) is 0.923. The van der Waals surface area contributed by atoms with Crippen LogP contribution in [0.5, 0.6) is 0 Å². The molecule has 0 amide bonds. The monoisotopic (exact) mass is 242 g/mol. The molecule has 1 aliphatic carbocycles. The highest BCUT2D eigenvalue weighted by atomic mass is 32.1. The van der Waals surface area contributed by atoms with Gasteiger partial charge in [-0.15, -0.1) is 0 Å². The summed E-state index contributed by atoms with van der Waals surface area (Å²) < 4.78 is 0. The van der Waals surface area contributed by atoms with Crippen LogP contribution < -0.4 is 5.32 Å². The van der Waals surface area contributed by atoms with E-state index in [1.165, 1.54) is 25.7 Å². The average molecular weight is 242 g/mol. The van der Waals surface area contributed by atoms with Crippen LogP contribution >= 0.6 is 12.2 Å². The Balaban J connectivity index is 2.58. The highest BCUT2D eigenvalue weighted by molar-refractivity contribution is 7.80. The third kappa shape index (κ3) is 4.28. The van der Waals surface area contributed by atoms with Crippen LogP contribution in [0, 0.1) is 5.92 Å². The number of rotatable bonds is 4. The Labute approximate surface area is 106 Å². The highest BCUT2D eigenvalue weighted by Gasteiger charge is 2.25. The lowest BCUT2D eigenvalue weighted by Gasteiger charge is -2.34. The fourth-order valence-corrected chi connectivity index (χ4v) is 2.80. The molecule has 0 aliphatic heterocycles. The molecule has 0 bridgehead atoms. The molecule has 0 unspecified atom stereocenters. The van der Waals surface area contributed by atoms with Crippen LogP contribution in [-0.2, 0) is 0 Å². The molecular formula is C13H26N2S. The van der Waals surface area contributed by atoms with E-state index >= 15 is 0 Å². The van der Waals surface area contributed by atoms with Gasteiger partial charge < -0.3 is 10.2 Å². The van der Waals surface area contributed by atoms with Crippen LogP contribution in [0.1, 0.15) is 53.4 Å². The molecule has 0 saturated heterocycles. The van der Waals surface area contributed by atoms with Gasteiger partial charge in [-0.1, -0.05) is 26.7 Å². The third-order valence-corrected chi connectivity index (χ3v) is 3.35. The number of hydrogen-bond donors (Lipinski definition) is 1. The number of hydrogen-bond acceptors (Lipinski definition) is 1. The van der Waals surface area contributed by atoms with E-state index in [0.717, 1.165) is 11.7 Å². The first-order valence-electron chi connectivity index (χ1n) is 6.57. The Bertz CT molecular complexity index is 220. The van der Waals surface area contributed by atoms with Gasteiger partial charge in [-0.05, 0) is 44.8 Å². The molecular weight excluding hydrogens is 216 g/mol. The number of nitrogens with one attached hydrogen (secondary N) is 1. The number of nitrogens with zero attached hydrogens (tertiary/aromatic N) is 1. The molecule has 0 aromatic carbocycles. The molecule has 0 radical (unpaired) electrons. The second kappa shape index (κ2) is 6.43. The van der Waals surface area contributed by atoms with Crippen molar-refractivity contribution in [2.75, 3.05) is 6.54 Å². The smallest absolute Gasteiger partial charge is 0.169 e. The SMILES string of the molecule is CC(C)CN(C(=S)NC(C)C)C1CCCC1. The van der Waals surface area contributed by atoms with Crippen molar-refractivity contribution in [3.05, 3.63) is 0 Å².